The van der Waals surface area contributed by atoms with Gasteiger partial charge in [0.05, 0.1) is 0 Å². The first kappa shape index (κ1) is 16.5. The maximum Gasteiger partial charge on any atom is 2.00 e. The van der Waals surface area contributed by atoms with Crippen molar-refractivity contribution in [3.63, 3.8) is 0 Å². The van der Waals surface area contributed by atoms with E-state index in [1.807, 2.05) is 0 Å². The zero-order chi connectivity index (χ0) is 5.41. The average Bonchev–Trinajstić information content (AvgIpc) is 1.39. The summed E-state index contributed by atoms with van der Waals surface area (Å²) < 4.78 is 0. The van der Waals surface area contributed by atoms with Gasteiger partial charge in [0.25, 0.3) is 0 Å². The number of nitrogens with zero attached hydrogens (tertiary/aromatic N) is 2. The average molecular weight is 139 g/mol. The molecule has 5 heteroatoms. The van der Waals surface area contributed by atoms with Gasteiger partial charge in [-0.3, -0.25) is 0 Å². The fraction of sp³-hybridized carbons (Fsp3) is 0. The molecule has 0 bridgehead atoms. The summed E-state index contributed by atoms with van der Waals surface area (Å²) in [7, 11) is 0. The van der Waals surface area contributed by atoms with Crippen molar-refractivity contribution in [2.45, 2.75) is 0 Å². The molecule has 0 aliphatic rings. The molecule has 0 aliphatic heterocycles. The van der Waals surface area contributed by atoms with Crippen LogP contribution in [-0.2, 0) is 17.1 Å². The van der Waals surface area contributed by atoms with Gasteiger partial charge in [-0.25, -0.2) is 10.5 Å². The van der Waals surface area contributed by atoms with E-state index in [-0.39, 0.29) is 17.1 Å². The van der Waals surface area contributed by atoms with Crippen LogP contribution in [0.25, 0.3) is 0 Å². The molecule has 0 aliphatic carbocycles. The van der Waals surface area contributed by atoms with Crippen LogP contribution in [0.3, 0.4) is 0 Å². The molecule has 1 radical (unpaired) electrons. The quantitative estimate of drug-likeness (QED) is 0.277. The molecule has 0 spiro atoms. The van der Waals surface area contributed by atoms with Crippen molar-refractivity contribution in [1.29, 1.82) is 10.5 Å². The van der Waals surface area contributed by atoms with Gasteiger partial charge in [0.2, 0.25) is 0 Å². The van der Waals surface area contributed by atoms with Crippen molar-refractivity contribution in [3.05, 3.63) is 0 Å². The Bertz CT molecular complexity index is 68.7. The predicted octanol–water partition coefficient (Wildman–Crippen LogP) is -2.35. The molecule has 0 atom stereocenters. The van der Waals surface area contributed by atoms with Crippen molar-refractivity contribution in [2.24, 2.45) is 0 Å². The second-order valence-electron chi connectivity index (χ2n) is 0.183. The Balaban J connectivity index is -0.0000000400. The number of hydrogen-bond acceptors (Lipinski definition) is 4. The van der Waals surface area contributed by atoms with Crippen LogP contribution < -0.4 is 10.2 Å². The molecule has 0 amide bonds. The van der Waals surface area contributed by atoms with Gasteiger partial charge in [-0.15, -0.1) is 0 Å². The van der Waals surface area contributed by atoms with E-state index in [1.165, 1.54) is 0 Å². The zero-order valence-corrected chi connectivity index (χ0v) is 4.27. The summed E-state index contributed by atoms with van der Waals surface area (Å²) in [6.07, 6.45) is 1.00. The standard InChI is InChI=1S/2CHNO.Mn/c2*2-1-3;/h2*3H;/q;;+2/p-2. The largest absolute Gasteiger partial charge is 2.00 e. The summed E-state index contributed by atoms with van der Waals surface area (Å²) >= 11 is 0. The minimum atomic E-state index is 0. The first-order valence-electron chi connectivity index (χ1n) is 0.855. The van der Waals surface area contributed by atoms with Crippen molar-refractivity contribution in [1.82, 2.24) is 0 Å². The molecule has 0 heterocycles. The summed E-state index contributed by atoms with van der Waals surface area (Å²) in [6, 6.07) is 0. The molecule has 0 aromatic heterocycles. The van der Waals surface area contributed by atoms with Crippen molar-refractivity contribution in [2.75, 3.05) is 0 Å². The van der Waals surface area contributed by atoms with Crippen LogP contribution in [-0.4, -0.2) is 0 Å². The van der Waals surface area contributed by atoms with Gasteiger partial charge in [-0.1, -0.05) is 0 Å². The van der Waals surface area contributed by atoms with Gasteiger partial charge < -0.3 is 10.2 Å². The van der Waals surface area contributed by atoms with E-state index in [2.05, 4.69) is 0 Å². The molecule has 0 saturated carbocycles. The van der Waals surface area contributed by atoms with Crippen LogP contribution in [0.4, 0.5) is 0 Å². The molecule has 7 heavy (non-hydrogen) atoms. The molecule has 0 rings (SSSR count). The monoisotopic (exact) mass is 139 g/mol. The van der Waals surface area contributed by atoms with Crippen LogP contribution >= 0.6 is 0 Å². The maximum atomic E-state index is 8.24. The second kappa shape index (κ2) is 70.9. The van der Waals surface area contributed by atoms with Crippen molar-refractivity contribution in [3.8, 4) is 12.5 Å². The summed E-state index contributed by atoms with van der Waals surface area (Å²) in [4.78, 5) is 0. The first-order chi connectivity index (χ1) is 2.83. The van der Waals surface area contributed by atoms with E-state index in [0.717, 1.165) is 0 Å². The van der Waals surface area contributed by atoms with E-state index in [4.69, 9.17) is 20.7 Å². The Morgan fingerprint density at radius 3 is 1.00 bits per heavy atom. The van der Waals surface area contributed by atoms with Crippen molar-refractivity contribution < 1.29 is 27.3 Å². The molecule has 0 unspecified atom stereocenters. The number of nitriles is 2. The summed E-state index contributed by atoms with van der Waals surface area (Å²) in [5, 5.41) is 30.0. The maximum absolute atomic E-state index is 8.24. The fourth-order valence-corrected chi connectivity index (χ4v) is 0. The molecule has 4 nitrogen and oxygen atoms in total. The number of hydrogen-bond donors (Lipinski definition) is 0. The smallest absolute Gasteiger partial charge is 0.812 e. The minimum Gasteiger partial charge on any atom is -0.812 e. The summed E-state index contributed by atoms with van der Waals surface area (Å²) in [5.41, 5.74) is 0. The minimum absolute atomic E-state index is 0. The van der Waals surface area contributed by atoms with E-state index >= 15 is 0 Å². The van der Waals surface area contributed by atoms with Crippen LogP contribution in [0.15, 0.2) is 0 Å². The number of rotatable bonds is 0. The van der Waals surface area contributed by atoms with Crippen LogP contribution in [0.5, 0.6) is 0 Å². The molecule has 0 aromatic rings. The van der Waals surface area contributed by atoms with Gasteiger partial charge in [0.1, 0.15) is 0 Å². The molecule has 0 fully saturated rings. The Morgan fingerprint density at radius 2 is 1.00 bits per heavy atom. The van der Waals surface area contributed by atoms with Crippen molar-refractivity contribution >= 4 is 0 Å². The van der Waals surface area contributed by atoms with Crippen LogP contribution in [0, 0.1) is 23.0 Å². The van der Waals surface area contributed by atoms with Gasteiger partial charge in [-0.05, 0) is 0 Å². The third-order valence-electron chi connectivity index (χ3n) is 0. The Morgan fingerprint density at radius 1 is 1.00 bits per heavy atom. The first-order valence-corrected chi connectivity index (χ1v) is 0.855. The van der Waals surface area contributed by atoms with E-state index in [0.29, 0.717) is 12.5 Å². The normalized spacial score (nSPS) is 2.00. The van der Waals surface area contributed by atoms with E-state index in [1.54, 1.807) is 0 Å². The van der Waals surface area contributed by atoms with Crippen LogP contribution in [0.1, 0.15) is 0 Å². The van der Waals surface area contributed by atoms with Gasteiger partial charge in [-0.2, -0.15) is 0 Å². The fourth-order valence-electron chi connectivity index (χ4n) is 0. The molecular weight excluding hydrogens is 139 g/mol. The predicted molar refractivity (Wildman–Crippen MR) is 11.2 cm³/mol. The second-order valence-corrected chi connectivity index (χ2v) is 0.183. The zero-order valence-electron chi connectivity index (χ0n) is 3.09. The topological polar surface area (TPSA) is 93.7 Å². The Hall–Kier alpha value is -0.901. The Labute approximate surface area is 51.1 Å². The molecule has 0 saturated heterocycles. The summed E-state index contributed by atoms with van der Waals surface area (Å²) in [5.74, 6) is 0. The third-order valence-corrected chi connectivity index (χ3v) is 0. The van der Waals surface area contributed by atoms with Gasteiger partial charge in [0, 0.05) is 12.5 Å². The van der Waals surface area contributed by atoms with E-state index < -0.39 is 0 Å². The summed E-state index contributed by atoms with van der Waals surface area (Å²) in [6.45, 7) is 0. The van der Waals surface area contributed by atoms with E-state index in [9.17, 15) is 0 Å². The SMILES string of the molecule is N#C[O-].N#C[O-].[Mn+2]. The van der Waals surface area contributed by atoms with Gasteiger partial charge in [0.15, 0.2) is 0 Å². The molecule has 37 valence electrons. The Kier molecular flexibility index (Phi) is 167. The van der Waals surface area contributed by atoms with Crippen LogP contribution in [0.2, 0.25) is 0 Å². The molecule has 0 aromatic carbocycles. The molecular formula is C2MnN2O2. The van der Waals surface area contributed by atoms with Gasteiger partial charge >= 0.3 is 17.1 Å². The third kappa shape index (κ3) is 60.4. The molecule has 0 N–H and O–H groups in total.